The number of hydrogen-bond acceptors (Lipinski definition) is 3. The monoisotopic (exact) mass is 327 g/mol. The molecule has 110 valence electrons. The van der Waals surface area contributed by atoms with Crippen molar-refractivity contribution in [1.29, 1.82) is 0 Å². The quantitative estimate of drug-likeness (QED) is 0.873. The molecule has 1 aromatic rings. The van der Waals surface area contributed by atoms with Crippen LogP contribution in [0.1, 0.15) is 6.42 Å². The van der Waals surface area contributed by atoms with E-state index in [4.69, 9.17) is 11.6 Å². The number of nitrogens with zero attached hydrogens (tertiary/aromatic N) is 1. The molecule has 0 saturated carbocycles. The van der Waals surface area contributed by atoms with Crippen LogP contribution in [-0.2, 0) is 4.79 Å². The maximum Gasteiger partial charge on any atom is 0.225 e. The number of carbonyl (C=O) groups is 1. The van der Waals surface area contributed by atoms with Crippen LogP contribution in [0.4, 0.5) is 11.4 Å². The van der Waals surface area contributed by atoms with E-state index in [1.54, 1.807) is 12.1 Å². The highest BCUT2D eigenvalue weighted by Crippen LogP contribution is 2.27. The number of benzene rings is 1. The maximum atomic E-state index is 11.6. The van der Waals surface area contributed by atoms with E-state index in [0.717, 1.165) is 11.4 Å². The van der Waals surface area contributed by atoms with Gasteiger partial charge in [-0.3, -0.25) is 4.79 Å². The summed E-state index contributed by atoms with van der Waals surface area (Å²) in [7, 11) is 5.66. The van der Waals surface area contributed by atoms with Gasteiger partial charge in [0.1, 0.15) is 0 Å². The van der Waals surface area contributed by atoms with Gasteiger partial charge in [-0.2, -0.15) is 0 Å². The topological polar surface area (TPSA) is 44.4 Å². The first-order chi connectivity index (χ1) is 8.04. The van der Waals surface area contributed by atoms with Gasteiger partial charge in [0.2, 0.25) is 5.91 Å². The fraction of sp³-hybridized carbons (Fsp3) is 0.417. The largest absolute Gasteiger partial charge is 0.376 e. The van der Waals surface area contributed by atoms with Gasteiger partial charge in [0.05, 0.1) is 11.4 Å². The van der Waals surface area contributed by atoms with Gasteiger partial charge in [0.25, 0.3) is 0 Å². The van der Waals surface area contributed by atoms with Crippen molar-refractivity contribution in [1.82, 2.24) is 5.32 Å². The Morgan fingerprint density at radius 1 is 1.32 bits per heavy atom. The van der Waals surface area contributed by atoms with Gasteiger partial charge in [-0.1, -0.05) is 11.6 Å². The fourth-order valence-corrected chi connectivity index (χ4v) is 1.62. The minimum absolute atomic E-state index is 0. The molecule has 7 heteroatoms. The predicted octanol–water partition coefficient (Wildman–Crippen LogP) is 2.80. The number of nitrogens with one attached hydrogen (secondary N) is 2. The molecule has 0 radical (unpaired) electrons. The zero-order valence-electron chi connectivity index (χ0n) is 11.2. The first-order valence-electron chi connectivity index (χ1n) is 5.46. The Labute approximate surface area is 131 Å². The maximum absolute atomic E-state index is 11.6. The lowest BCUT2D eigenvalue weighted by Gasteiger charge is -2.18. The Morgan fingerprint density at radius 2 is 1.95 bits per heavy atom. The minimum atomic E-state index is -0.0234. The molecule has 2 N–H and O–H groups in total. The van der Waals surface area contributed by atoms with Crippen molar-refractivity contribution in [2.75, 3.05) is 37.9 Å². The summed E-state index contributed by atoms with van der Waals surface area (Å²) < 4.78 is 0. The van der Waals surface area contributed by atoms with Crippen LogP contribution in [0.3, 0.4) is 0 Å². The molecule has 0 atom stereocenters. The van der Waals surface area contributed by atoms with Crippen LogP contribution >= 0.6 is 36.4 Å². The van der Waals surface area contributed by atoms with Gasteiger partial charge in [0.15, 0.2) is 0 Å². The molecule has 0 spiro atoms. The lowest BCUT2D eigenvalue weighted by Crippen LogP contribution is -2.20. The molecular weight excluding hydrogens is 309 g/mol. The Hall–Kier alpha value is -0.680. The number of halogens is 3. The lowest BCUT2D eigenvalue weighted by atomic mass is 10.2. The molecule has 0 fully saturated rings. The molecule has 0 aromatic heterocycles. The van der Waals surface area contributed by atoms with E-state index < -0.39 is 0 Å². The highest BCUT2D eigenvalue weighted by Gasteiger charge is 2.08. The van der Waals surface area contributed by atoms with E-state index in [2.05, 4.69) is 10.6 Å². The van der Waals surface area contributed by atoms with Gasteiger partial charge < -0.3 is 15.5 Å². The number of anilines is 2. The second kappa shape index (κ2) is 10.1. The van der Waals surface area contributed by atoms with Gasteiger partial charge in [-0.25, -0.2) is 0 Å². The number of amides is 1. The van der Waals surface area contributed by atoms with Crippen molar-refractivity contribution >= 4 is 53.7 Å². The molecule has 0 unspecified atom stereocenters. The van der Waals surface area contributed by atoms with E-state index in [-0.39, 0.29) is 30.7 Å². The Bertz CT molecular complexity index is 400. The lowest BCUT2D eigenvalue weighted by molar-refractivity contribution is -0.116. The predicted molar refractivity (Wildman–Crippen MR) is 87.4 cm³/mol. The van der Waals surface area contributed by atoms with Crippen LogP contribution in [0.25, 0.3) is 0 Å². The molecule has 1 amide bonds. The first kappa shape index (κ1) is 20.6. The molecule has 1 rings (SSSR count). The number of carbonyl (C=O) groups excluding carboxylic acids is 1. The molecule has 0 bridgehead atoms. The third kappa shape index (κ3) is 6.87. The minimum Gasteiger partial charge on any atom is -0.376 e. The van der Waals surface area contributed by atoms with Crippen LogP contribution in [0.15, 0.2) is 18.2 Å². The molecule has 0 heterocycles. The fourth-order valence-electron chi connectivity index (χ4n) is 1.45. The summed E-state index contributed by atoms with van der Waals surface area (Å²) in [5.74, 6) is -0.0234. The van der Waals surface area contributed by atoms with Crippen LogP contribution < -0.4 is 15.5 Å². The summed E-state index contributed by atoms with van der Waals surface area (Å²) >= 11 is 5.93. The highest BCUT2D eigenvalue weighted by molar-refractivity contribution is 6.31. The number of hydrogen-bond donors (Lipinski definition) is 2. The Kier molecular flexibility index (Phi) is 11.0. The zero-order chi connectivity index (χ0) is 12.8. The smallest absolute Gasteiger partial charge is 0.225 e. The van der Waals surface area contributed by atoms with Crippen LogP contribution in [0, 0.1) is 0 Å². The second-order valence-corrected chi connectivity index (χ2v) is 4.39. The van der Waals surface area contributed by atoms with Crippen molar-refractivity contribution in [2.45, 2.75) is 6.42 Å². The molecule has 1 aromatic carbocycles. The average Bonchev–Trinajstić information content (AvgIpc) is 2.26. The van der Waals surface area contributed by atoms with Crippen LogP contribution in [-0.4, -0.2) is 33.6 Å². The van der Waals surface area contributed by atoms with Crippen LogP contribution in [0.5, 0.6) is 0 Å². The van der Waals surface area contributed by atoms with E-state index in [9.17, 15) is 4.79 Å². The average molecular weight is 329 g/mol. The van der Waals surface area contributed by atoms with E-state index >= 15 is 0 Å². The normalized spacial score (nSPS) is 9.05. The third-order valence-corrected chi connectivity index (χ3v) is 2.55. The molecule has 4 nitrogen and oxygen atoms in total. The SMILES string of the molecule is CNCCC(=O)Nc1cc(Cl)ccc1N(C)C.Cl.Cl. The van der Waals surface area contributed by atoms with Crippen molar-refractivity contribution in [3.8, 4) is 0 Å². The summed E-state index contributed by atoms with van der Waals surface area (Å²) in [5.41, 5.74) is 1.68. The third-order valence-electron chi connectivity index (χ3n) is 2.32. The van der Waals surface area contributed by atoms with Gasteiger partial charge in [0, 0.05) is 32.1 Å². The summed E-state index contributed by atoms with van der Waals surface area (Å²) in [6.45, 7) is 0.656. The van der Waals surface area contributed by atoms with Gasteiger partial charge in [-0.15, -0.1) is 24.8 Å². The number of rotatable bonds is 5. The Morgan fingerprint density at radius 3 is 2.47 bits per heavy atom. The van der Waals surface area contributed by atoms with Gasteiger partial charge in [-0.05, 0) is 25.2 Å². The summed E-state index contributed by atoms with van der Waals surface area (Å²) in [4.78, 5) is 13.6. The van der Waals surface area contributed by atoms with Crippen molar-refractivity contribution in [3.63, 3.8) is 0 Å². The van der Waals surface area contributed by atoms with Crippen molar-refractivity contribution < 1.29 is 4.79 Å². The molecule has 19 heavy (non-hydrogen) atoms. The second-order valence-electron chi connectivity index (χ2n) is 3.96. The van der Waals surface area contributed by atoms with E-state index in [1.807, 2.05) is 32.1 Å². The first-order valence-corrected chi connectivity index (χ1v) is 5.83. The summed E-state index contributed by atoms with van der Waals surface area (Å²) in [6, 6.07) is 5.45. The van der Waals surface area contributed by atoms with Crippen molar-refractivity contribution in [3.05, 3.63) is 23.2 Å². The molecule has 0 aliphatic rings. The van der Waals surface area contributed by atoms with E-state index in [1.165, 1.54) is 0 Å². The van der Waals surface area contributed by atoms with Crippen LogP contribution in [0.2, 0.25) is 5.02 Å². The summed E-state index contributed by atoms with van der Waals surface area (Å²) in [6.07, 6.45) is 0.440. The molecule has 0 aliphatic heterocycles. The zero-order valence-corrected chi connectivity index (χ0v) is 13.6. The molecule has 0 aliphatic carbocycles. The van der Waals surface area contributed by atoms with Gasteiger partial charge >= 0.3 is 0 Å². The standard InChI is InChI=1S/C12H18ClN3O.2ClH/c1-14-7-6-12(17)15-10-8-9(13)4-5-11(10)16(2)3;;/h4-5,8,14H,6-7H2,1-3H3,(H,15,17);2*1H. The molecular formula is C12H20Cl3N3O. The summed E-state index contributed by atoms with van der Waals surface area (Å²) in [5, 5.41) is 6.41. The highest BCUT2D eigenvalue weighted by atomic mass is 35.5. The molecule has 0 saturated heterocycles. The van der Waals surface area contributed by atoms with Crippen molar-refractivity contribution in [2.24, 2.45) is 0 Å². The van der Waals surface area contributed by atoms with E-state index in [0.29, 0.717) is 18.0 Å². The Balaban J connectivity index is 0.